The molecule has 0 aliphatic rings. The monoisotopic (exact) mass is 394 g/mol. The normalized spacial score (nSPS) is 11.4. The Morgan fingerprint density at radius 2 is 1.71 bits per heavy atom. The molecule has 4 rings (SSSR count). The lowest BCUT2D eigenvalue weighted by atomic mass is 10.0. The van der Waals surface area contributed by atoms with Crippen molar-refractivity contribution in [2.75, 3.05) is 0 Å². The van der Waals surface area contributed by atoms with E-state index in [2.05, 4.69) is 24.0 Å². The lowest BCUT2D eigenvalue weighted by Crippen LogP contribution is -2.20. The third-order valence-corrected chi connectivity index (χ3v) is 5.57. The summed E-state index contributed by atoms with van der Waals surface area (Å²) in [6.07, 6.45) is 3.52. The van der Waals surface area contributed by atoms with Crippen molar-refractivity contribution in [1.29, 1.82) is 0 Å². The zero-order valence-corrected chi connectivity index (χ0v) is 16.4. The Balaban J connectivity index is 1.62. The van der Waals surface area contributed by atoms with Gasteiger partial charge in [-0.3, -0.25) is 13.8 Å². The van der Waals surface area contributed by atoms with Crippen LogP contribution in [0.1, 0.15) is 30.9 Å². The van der Waals surface area contributed by atoms with Crippen molar-refractivity contribution in [1.82, 2.24) is 19.2 Å². The van der Waals surface area contributed by atoms with Crippen LogP contribution in [0.2, 0.25) is 0 Å². The molecule has 2 aromatic heterocycles. The van der Waals surface area contributed by atoms with Crippen molar-refractivity contribution in [3.63, 3.8) is 0 Å². The molecule has 0 saturated heterocycles. The summed E-state index contributed by atoms with van der Waals surface area (Å²) in [7, 11) is 0. The Hall–Kier alpha value is -2.93. The number of aromatic nitrogens is 4. The Labute approximate surface area is 165 Å². The van der Waals surface area contributed by atoms with Gasteiger partial charge < -0.3 is 0 Å². The van der Waals surface area contributed by atoms with E-state index in [9.17, 15) is 9.18 Å². The predicted octanol–water partition coefficient (Wildman–Crippen LogP) is 4.44. The molecule has 2 aromatic carbocycles. The Morgan fingerprint density at radius 3 is 2.39 bits per heavy atom. The molecule has 0 radical (unpaired) electrons. The van der Waals surface area contributed by atoms with Gasteiger partial charge in [0.15, 0.2) is 5.16 Å². The fourth-order valence-electron chi connectivity index (χ4n) is 2.92. The highest BCUT2D eigenvalue weighted by molar-refractivity contribution is 7.98. The number of hydrogen-bond acceptors (Lipinski definition) is 4. The van der Waals surface area contributed by atoms with Crippen molar-refractivity contribution in [3.8, 4) is 5.69 Å². The molecule has 0 spiro atoms. The minimum atomic E-state index is -0.261. The molecule has 0 amide bonds. The smallest absolute Gasteiger partial charge is 0.280 e. The topological polar surface area (TPSA) is 52.2 Å². The van der Waals surface area contributed by atoms with Crippen LogP contribution in [0.4, 0.5) is 4.39 Å². The second kappa shape index (κ2) is 7.59. The molecular weight excluding hydrogens is 375 g/mol. The molecule has 0 unspecified atom stereocenters. The van der Waals surface area contributed by atoms with Crippen LogP contribution in [-0.4, -0.2) is 19.2 Å². The molecule has 0 aliphatic heterocycles. The van der Waals surface area contributed by atoms with E-state index in [1.165, 1.54) is 29.5 Å². The molecule has 0 N–H and O–H groups in total. The summed E-state index contributed by atoms with van der Waals surface area (Å²) in [4.78, 5) is 12.9. The summed E-state index contributed by atoms with van der Waals surface area (Å²) >= 11 is 1.45. The quantitative estimate of drug-likeness (QED) is 0.470. The maximum Gasteiger partial charge on any atom is 0.300 e. The van der Waals surface area contributed by atoms with Gasteiger partial charge in [0.2, 0.25) is 5.65 Å². The minimum Gasteiger partial charge on any atom is -0.280 e. The highest BCUT2D eigenvalue weighted by atomic mass is 32.2. The molecule has 0 bridgehead atoms. The molecule has 4 aromatic rings. The molecule has 142 valence electrons. The van der Waals surface area contributed by atoms with E-state index in [-0.39, 0.29) is 17.0 Å². The van der Waals surface area contributed by atoms with Crippen molar-refractivity contribution >= 4 is 17.4 Å². The largest absolute Gasteiger partial charge is 0.300 e. The van der Waals surface area contributed by atoms with Gasteiger partial charge in [0.25, 0.3) is 0 Å². The van der Waals surface area contributed by atoms with E-state index < -0.39 is 0 Å². The van der Waals surface area contributed by atoms with Gasteiger partial charge in [-0.2, -0.15) is 0 Å². The summed E-state index contributed by atoms with van der Waals surface area (Å²) < 4.78 is 16.3. The van der Waals surface area contributed by atoms with E-state index >= 15 is 0 Å². The fraction of sp³-hybridized carbons (Fsp3) is 0.190. The second-order valence-electron chi connectivity index (χ2n) is 6.81. The van der Waals surface area contributed by atoms with E-state index in [1.807, 2.05) is 24.3 Å². The highest BCUT2D eigenvalue weighted by Crippen LogP contribution is 2.21. The van der Waals surface area contributed by atoms with Crippen molar-refractivity contribution in [2.45, 2.75) is 30.7 Å². The molecule has 0 aliphatic carbocycles. The van der Waals surface area contributed by atoms with Gasteiger partial charge in [0, 0.05) is 23.8 Å². The molecule has 0 atom stereocenters. The Morgan fingerprint density at radius 1 is 1.00 bits per heavy atom. The first kappa shape index (κ1) is 18.4. The Bertz CT molecular complexity index is 1160. The first-order chi connectivity index (χ1) is 13.5. The third-order valence-electron chi connectivity index (χ3n) is 4.56. The summed E-state index contributed by atoms with van der Waals surface area (Å²) in [5.41, 5.74) is 3.04. The van der Waals surface area contributed by atoms with Crippen LogP contribution in [-0.2, 0) is 5.75 Å². The van der Waals surface area contributed by atoms with Crippen LogP contribution in [0.15, 0.2) is 70.9 Å². The van der Waals surface area contributed by atoms with E-state index in [4.69, 9.17) is 0 Å². The summed E-state index contributed by atoms with van der Waals surface area (Å²) in [6, 6.07) is 14.3. The highest BCUT2D eigenvalue weighted by Gasteiger charge is 2.12. The van der Waals surface area contributed by atoms with Crippen LogP contribution in [0.5, 0.6) is 0 Å². The number of halogens is 1. The van der Waals surface area contributed by atoms with Crippen molar-refractivity contribution < 1.29 is 4.39 Å². The van der Waals surface area contributed by atoms with Crippen molar-refractivity contribution in [3.05, 3.63) is 88.2 Å². The zero-order valence-electron chi connectivity index (χ0n) is 15.5. The molecule has 2 heterocycles. The van der Waals surface area contributed by atoms with Gasteiger partial charge >= 0.3 is 5.56 Å². The summed E-state index contributed by atoms with van der Waals surface area (Å²) in [5, 5.41) is 8.85. The van der Waals surface area contributed by atoms with Gasteiger partial charge in [-0.05, 0) is 41.3 Å². The molecular formula is C21H19FN4OS. The first-order valence-electron chi connectivity index (χ1n) is 8.97. The van der Waals surface area contributed by atoms with E-state index in [0.717, 1.165) is 11.3 Å². The molecule has 5 nitrogen and oxygen atoms in total. The van der Waals surface area contributed by atoms with Crippen LogP contribution in [0.25, 0.3) is 11.3 Å². The minimum absolute atomic E-state index is 0.221. The van der Waals surface area contributed by atoms with Gasteiger partial charge in [-0.15, -0.1) is 10.2 Å². The number of rotatable bonds is 5. The van der Waals surface area contributed by atoms with Gasteiger partial charge in [0.1, 0.15) is 5.82 Å². The average Bonchev–Trinajstić information content (AvgIpc) is 3.12. The standard InChI is InChI=1S/C21H19FN4OS/c1-14(2)16-5-9-18(10-6-16)25-11-12-26-19(20(25)27)23-24-21(26)28-13-15-3-7-17(22)8-4-15/h3-12,14H,13H2,1-2H3. The maximum absolute atomic E-state index is 13.0. The van der Waals surface area contributed by atoms with Gasteiger partial charge in [0.05, 0.1) is 0 Å². The number of thioether (sulfide) groups is 1. The lowest BCUT2D eigenvalue weighted by Gasteiger charge is -2.09. The maximum atomic E-state index is 13.0. The Kier molecular flexibility index (Phi) is 5.00. The summed E-state index contributed by atoms with van der Waals surface area (Å²) in [6.45, 7) is 4.27. The SMILES string of the molecule is CC(C)c1ccc(-n2ccn3c(SCc4ccc(F)cc4)nnc3c2=O)cc1. The van der Waals surface area contributed by atoms with Gasteiger partial charge in [-0.25, -0.2) is 4.39 Å². The van der Waals surface area contributed by atoms with Crippen LogP contribution < -0.4 is 5.56 Å². The molecule has 28 heavy (non-hydrogen) atoms. The van der Waals surface area contributed by atoms with E-state index in [0.29, 0.717) is 16.8 Å². The van der Waals surface area contributed by atoms with Crippen molar-refractivity contribution in [2.24, 2.45) is 0 Å². The van der Waals surface area contributed by atoms with Crippen LogP contribution in [0.3, 0.4) is 0 Å². The number of fused-ring (bicyclic) bond motifs is 1. The third kappa shape index (κ3) is 3.57. The molecule has 7 heteroatoms. The molecule has 0 fully saturated rings. The lowest BCUT2D eigenvalue weighted by molar-refractivity contribution is 0.627. The van der Waals surface area contributed by atoms with E-state index in [1.54, 1.807) is 33.5 Å². The second-order valence-corrected chi connectivity index (χ2v) is 7.75. The zero-order chi connectivity index (χ0) is 19.7. The van der Waals surface area contributed by atoms with Crippen LogP contribution >= 0.6 is 11.8 Å². The fourth-order valence-corrected chi connectivity index (χ4v) is 3.79. The summed E-state index contributed by atoms with van der Waals surface area (Å²) in [5.74, 6) is 0.787. The molecule has 0 saturated carbocycles. The predicted molar refractivity (Wildman–Crippen MR) is 109 cm³/mol. The van der Waals surface area contributed by atoms with Crippen LogP contribution in [0, 0.1) is 5.82 Å². The van der Waals surface area contributed by atoms with Gasteiger partial charge in [-0.1, -0.05) is 49.9 Å². The average molecular weight is 394 g/mol. The number of nitrogens with zero attached hydrogens (tertiary/aromatic N) is 4. The number of benzene rings is 2. The first-order valence-corrected chi connectivity index (χ1v) is 9.95. The number of hydrogen-bond donors (Lipinski definition) is 0.